The first-order valence-corrected chi connectivity index (χ1v) is 41.0. The van der Waals surface area contributed by atoms with Crippen LogP contribution in [0.15, 0.2) is 0 Å². The van der Waals surface area contributed by atoms with E-state index in [4.69, 9.17) is 37.0 Å². The first-order valence-electron chi connectivity index (χ1n) is 38.0. The standard InChI is InChI=1S/C73H142O17P2/c1-7-10-12-14-16-18-20-22-26-30-37-43-49-55-70(75)83-61-68(89-73(78)58-52-46-40-32-28-24-25-29-35-41-47-53-65(4)5)63-87-91(79,80)85-59-67(74)60-86-92(81,82)88-64-69(62-84-71(76)56-50-44-38-34-33-36-42-48-54-66(6)9-3)90-72(77)57-51-45-39-31-27-23-21-19-17-15-13-11-8-2/h65-69,74H,7-64H2,1-6H3,(H,79,80)(H,81,82)/t66?,67-,68-,69-/m1/s1. The van der Waals surface area contributed by atoms with Crippen LogP contribution in [0.3, 0.4) is 0 Å². The van der Waals surface area contributed by atoms with Gasteiger partial charge in [-0.1, -0.05) is 324 Å². The molecule has 0 rings (SSSR count). The number of esters is 4. The van der Waals surface area contributed by atoms with Crippen LogP contribution in [0.25, 0.3) is 0 Å². The Morgan fingerprint density at radius 2 is 0.554 bits per heavy atom. The van der Waals surface area contributed by atoms with E-state index in [0.717, 1.165) is 102 Å². The Bertz CT molecular complexity index is 1790. The van der Waals surface area contributed by atoms with E-state index in [9.17, 15) is 43.2 Å². The van der Waals surface area contributed by atoms with E-state index >= 15 is 0 Å². The summed E-state index contributed by atoms with van der Waals surface area (Å²) in [5, 5.41) is 10.6. The molecule has 0 amide bonds. The lowest BCUT2D eigenvalue weighted by atomic mass is 9.99. The zero-order valence-electron chi connectivity index (χ0n) is 59.9. The summed E-state index contributed by atoms with van der Waals surface area (Å²) in [5.74, 6) is -0.574. The molecule has 0 fully saturated rings. The minimum atomic E-state index is -4.95. The van der Waals surface area contributed by atoms with Crippen LogP contribution in [0.2, 0.25) is 0 Å². The molecule has 0 saturated heterocycles. The van der Waals surface area contributed by atoms with Gasteiger partial charge in [-0.25, -0.2) is 9.13 Å². The first kappa shape index (κ1) is 90.1. The lowest BCUT2D eigenvalue weighted by Crippen LogP contribution is -2.30. The number of carbonyl (C=O) groups is 4. The van der Waals surface area contributed by atoms with Crippen LogP contribution < -0.4 is 0 Å². The fourth-order valence-electron chi connectivity index (χ4n) is 11.1. The molecular formula is C73H142O17P2. The molecule has 0 aliphatic heterocycles. The molecule has 0 aromatic rings. The van der Waals surface area contributed by atoms with E-state index < -0.39 is 97.5 Å². The highest BCUT2D eigenvalue weighted by atomic mass is 31.2. The highest BCUT2D eigenvalue weighted by Gasteiger charge is 2.30. The second-order valence-corrected chi connectivity index (χ2v) is 30.0. The van der Waals surface area contributed by atoms with Crippen LogP contribution in [-0.2, 0) is 65.4 Å². The molecule has 0 aromatic carbocycles. The van der Waals surface area contributed by atoms with Crippen molar-refractivity contribution >= 4 is 39.5 Å². The lowest BCUT2D eigenvalue weighted by Gasteiger charge is -2.21. The third kappa shape index (κ3) is 65.4. The molecule has 0 saturated carbocycles. The second kappa shape index (κ2) is 65.0. The first-order chi connectivity index (χ1) is 44.4. The van der Waals surface area contributed by atoms with Crippen LogP contribution in [-0.4, -0.2) is 96.7 Å². The third-order valence-corrected chi connectivity index (χ3v) is 19.2. The number of rotatable bonds is 72. The number of ether oxygens (including phenoxy) is 4. The maximum Gasteiger partial charge on any atom is 0.472 e. The van der Waals surface area contributed by atoms with Crippen molar-refractivity contribution in [1.82, 2.24) is 0 Å². The predicted molar refractivity (Wildman–Crippen MR) is 372 cm³/mol. The average molecular weight is 1350 g/mol. The maximum atomic E-state index is 13.0. The summed E-state index contributed by atoms with van der Waals surface area (Å²) >= 11 is 0. The zero-order valence-corrected chi connectivity index (χ0v) is 61.6. The minimum absolute atomic E-state index is 0.107. The van der Waals surface area contributed by atoms with Crippen molar-refractivity contribution in [2.24, 2.45) is 11.8 Å². The van der Waals surface area contributed by atoms with Crippen molar-refractivity contribution in [3.63, 3.8) is 0 Å². The van der Waals surface area contributed by atoms with Crippen molar-refractivity contribution in [3.05, 3.63) is 0 Å². The minimum Gasteiger partial charge on any atom is -0.462 e. The smallest absolute Gasteiger partial charge is 0.462 e. The van der Waals surface area contributed by atoms with Crippen molar-refractivity contribution in [3.8, 4) is 0 Å². The van der Waals surface area contributed by atoms with Crippen LogP contribution in [0, 0.1) is 11.8 Å². The highest BCUT2D eigenvalue weighted by Crippen LogP contribution is 2.45. The normalized spacial score (nSPS) is 14.4. The van der Waals surface area contributed by atoms with Crippen LogP contribution in [0.1, 0.15) is 375 Å². The van der Waals surface area contributed by atoms with Crippen LogP contribution in [0.4, 0.5) is 0 Å². The Morgan fingerprint density at radius 3 is 0.826 bits per heavy atom. The van der Waals surface area contributed by atoms with Crippen LogP contribution in [0.5, 0.6) is 0 Å². The summed E-state index contributed by atoms with van der Waals surface area (Å²) in [6.07, 6.45) is 51.1. The van der Waals surface area contributed by atoms with Crippen molar-refractivity contribution in [2.45, 2.75) is 394 Å². The molecule has 0 spiro atoms. The van der Waals surface area contributed by atoms with Crippen LogP contribution >= 0.6 is 15.6 Å². The average Bonchev–Trinajstić information content (AvgIpc) is 2.55. The van der Waals surface area contributed by atoms with Gasteiger partial charge in [0.1, 0.15) is 19.3 Å². The molecule has 0 bridgehead atoms. The maximum absolute atomic E-state index is 13.0. The molecular weight excluding hydrogens is 1210 g/mol. The Morgan fingerprint density at radius 1 is 0.315 bits per heavy atom. The molecule has 0 aliphatic rings. The SMILES string of the molecule is CCCCCCCCCCCCCCCC(=O)OC[C@H](COP(=O)(O)OC[C@@H](O)COP(=O)(O)OC[C@@H](COC(=O)CCCCCCCCCCC(C)CC)OC(=O)CCCCCCCCCCCCCCC)OC(=O)CCCCCCCCCCCCCC(C)C. The summed E-state index contributed by atoms with van der Waals surface area (Å²) < 4.78 is 68.4. The van der Waals surface area contributed by atoms with Gasteiger partial charge in [0.2, 0.25) is 0 Å². The van der Waals surface area contributed by atoms with Crippen molar-refractivity contribution < 1.29 is 80.2 Å². The van der Waals surface area contributed by atoms with Gasteiger partial charge in [0.15, 0.2) is 12.2 Å². The molecule has 6 atom stereocenters. The van der Waals surface area contributed by atoms with Gasteiger partial charge in [-0.05, 0) is 37.5 Å². The summed E-state index contributed by atoms with van der Waals surface area (Å²) in [5.41, 5.74) is 0. The number of phosphoric ester groups is 2. The Balaban J connectivity index is 5.27. The fourth-order valence-corrected chi connectivity index (χ4v) is 12.7. The molecule has 0 heterocycles. The summed E-state index contributed by atoms with van der Waals surface area (Å²) in [4.78, 5) is 72.7. The van der Waals surface area contributed by atoms with E-state index in [1.165, 1.54) is 193 Å². The molecule has 3 N–H and O–H groups in total. The number of carbonyl (C=O) groups excluding carboxylic acids is 4. The number of phosphoric acid groups is 2. The zero-order chi connectivity index (χ0) is 67.9. The third-order valence-electron chi connectivity index (χ3n) is 17.3. The topological polar surface area (TPSA) is 237 Å². The van der Waals surface area contributed by atoms with Gasteiger partial charge in [0, 0.05) is 25.7 Å². The van der Waals surface area contributed by atoms with E-state index in [1.54, 1.807) is 0 Å². The summed E-state index contributed by atoms with van der Waals surface area (Å²) in [7, 11) is -9.91. The summed E-state index contributed by atoms with van der Waals surface area (Å²) in [6.45, 7) is 9.58. The monoisotopic (exact) mass is 1350 g/mol. The molecule has 3 unspecified atom stereocenters. The van der Waals surface area contributed by atoms with E-state index in [-0.39, 0.29) is 25.7 Å². The molecule has 19 heteroatoms. The van der Waals surface area contributed by atoms with Crippen molar-refractivity contribution in [1.29, 1.82) is 0 Å². The van der Waals surface area contributed by atoms with E-state index in [0.29, 0.717) is 25.7 Å². The summed E-state index contributed by atoms with van der Waals surface area (Å²) in [6, 6.07) is 0. The molecule has 92 heavy (non-hydrogen) atoms. The molecule has 17 nitrogen and oxygen atoms in total. The molecule has 0 aliphatic carbocycles. The van der Waals surface area contributed by atoms with Gasteiger partial charge in [-0.3, -0.25) is 37.3 Å². The highest BCUT2D eigenvalue weighted by molar-refractivity contribution is 7.47. The van der Waals surface area contributed by atoms with E-state index in [1.807, 2.05) is 0 Å². The van der Waals surface area contributed by atoms with Gasteiger partial charge in [0.25, 0.3) is 0 Å². The van der Waals surface area contributed by atoms with Crippen molar-refractivity contribution in [2.75, 3.05) is 39.6 Å². The van der Waals surface area contributed by atoms with E-state index in [2.05, 4.69) is 41.5 Å². The Hall–Kier alpha value is -1.94. The number of hydrogen-bond donors (Lipinski definition) is 3. The number of hydrogen-bond acceptors (Lipinski definition) is 15. The molecule has 0 aromatic heterocycles. The predicted octanol–water partition coefficient (Wildman–Crippen LogP) is 21.2. The largest absolute Gasteiger partial charge is 0.472 e. The van der Waals surface area contributed by atoms with Gasteiger partial charge in [-0.2, -0.15) is 0 Å². The Kier molecular flexibility index (Phi) is 63.7. The number of unbranched alkanes of at least 4 members (excludes halogenated alkanes) is 41. The van der Waals surface area contributed by atoms with Gasteiger partial charge in [0.05, 0.1) is 26.4 Å². The quantitative estimate of drug-likeness (QED) is 0.0222. The lowest BCUT2D eigenvalue weighted by molar-refractivity contribution is -0.161. The molecule has 0 radical (unpaired) electrons. The fraction of sp³-hybridized carbons (Fsp3) is 0.945. The number of aliphatic hydroxyl groups is 1. The van der Waals surface area contributed by atoms with Gasteiger partial charge >= 0.3 is 39.5 Å². The molecule has 546 valence electrons. The number of aliphatic hydroxyl groups excluding tert-OH is 1. The van der Waals surface area contributed by atoms with Gasteiger partial charge in [-0.15, -0.1) is 0 Å². The Labute approximate surface area is 562 Å². The second-order valence-electron chi connectivity index (χ2n) is 27.1. The van der Waals surface area contributed by atoms with Gasteiger partial charge < -0.3 is 33.8 Å².